The lowest BCUT2D eigenvalue weighted by atomic mass is 9.96. The highest BCUT2D eigenvalue weighted by atomic mass is 16.5. The summed E-state index contributed by atoms with van der Waals surface area (Å²) >= 11 is 0. The number of carbonyl (C=O) groups is 1. The molecule has 0 amide bonds. The molecule has 0 unspecified atom stereocenters. The van der Waals surface area contributed by atoms with Crippen molar-refractivity contribution in [3.8, 4) is 0 Å². The molecule has 0 saturated heterocycles. The number of rotatable bonds is 12. The fourth-order valence-corrected chi connectivity index (χ4v) is 5.60. The molecular formula is C39H45NO3. The number of hydrogen-bond donors (Lipinski definition) is 1. The molecular weight excluding hydrogens is 530 g/mol. The minimum atomic E-state index is -0.972. The maximum Gasteiger partial charge on any atom is 0.312 e. The second kappa shape index (κ2) is 15.0. The van der Waals surface area contributed by atoms with E-state index in [1.54, 1.807) is 13.0 Å². The summed E-state index contributed by atoms with van der Waals surface area (Å²) in [6.07, 6.45) is 1.99. The van der Waals surface area contributed by atoms with Crippen molar-refractivity contribution in [1.82, 2.24) is 4.90 Å². The number of aryl methyl sites for hydroxylation is 4. The quantitative estimate of drug-likeness (QED) is 0.173. The van der Waals surface area contributed by atoms with Crippen molar-refractivity contribution >= 4 is 12.0 Å². The summed E-state index contributed by atoms with van der Waals surface area (Å²) in [6, 6.07) is 32.5. The molecule has 0 aliphatic heterocycles. The molecule has 4 nitrogen and oxygen atoms in total. The van der Waals surface area contributed by atoms with Gasteiger partial charge in [-0.3, -0.25) is 9.69 Å². The van der Waals surface area contributed by atoms with E-state index in [9.17, 15) is 9.90 Å². The highest BCUT2D eigenvalue weighted by Crippen LogP contribution is 2.31. The number of ether oxygens (including phenoxy) is 1. The molecule has 4 atom stereocenters. The van der Waals surface area contributed by atoms with Crippen molar-refractivity contribution in [3.63, 3.8) is 0 Å². The van der Waals surface area contributed by atoms with Crippen molar-refractivity contribution in [2.45, 2.75) is 72.9 Å². The first-order chi connectivity index (χ1) is 20.6. The van der Waals surface area contributed by atoms with E-state index in [2.05, 4.69) is 75.9 Å². The Bertz CT molecular complexity index is 1490. The molecule has 4 aromatic rings. The third-order valence-electron chi connectivity index (χ3n) is 8.39. The molecule has 1 N–H and O–H groups in total. The molecule has 4 aromatic carbocycles. The van der Waals surface area contributed by atoms with Gasteiger partial charge >= 0.3 is 5.97 Å². The second-order valence-electron chi connectivity index (χ2n) is 11.8. The lowest BCUT2D eigenvalue weighted by Crippen LogP contribution is -2.40. The first-order valence-corrected chi connectivity index (χ1v) is 15.2. The third kappa shape index (κ3) is 8.53. The van der Waals surface area contributed by atoms with Gasteiger partial charge in [0.2, 0.25) is 0 Å². The zero-order chi connectivity index (χ0) is 30.9. The molecule has 4 rings (SSSR count). The summed E-state index contributed by atoms with van der Waals surface area (Å²) in [5.74, 6) is -1.16. The van der Waals surface area contributed by atoms with Gasteiger partial charge in [-0.15, -0.1) is 0 Å². The molecule has 43 heavy (non-hydrogen) atoms. The Kier molecular flexibility index (Phi) is 11.1. The predicted octanol–water partition coefficient (Wildman–Crippen LogP) is 8.31. The van der Waals surface area contributed by atoms with Crippen LogP contribution in [-0.2, 0) is 22.6 Å². The van der Waals surface area contributed by atoms with E-state index in [1.807, 2.05) is 66.7 Å². The number of aliphatic hydroxyl groups is 1. The molecule has 0 saturated carbocycles. The van der Waals surface area contributed by atoms with Crippen molar-refractivity contribution < 1.29 is 14.6 Å². The lowest BCUT2D eigenvalue weighted by Gasteiger charge is -2.36. The first-order valence-electron chi connectivity index (χ1n) is 15.2. The molecule has 0 aliphatic carbocycles. The summed E-state index contributed by atoms with van der Waals surface area (Å²) in [5.41, 5.74) is 9.42. The number of hydrogen-bond acceptors (Lipinski definition) is 4. The zero-order valence-corrected chi connectivity index (χ0v) is 26.3. The molecule has 0 heterocycles. The number of nitrogens with zero attached hydrogens (tertiary/aromatic N) is 1. The SMILES string of the molecule is Cc1cc(C)c(CN(Cc2ccccc2C)[C@@H](C)[C@H](OC(=O)[C@H](C)[C@H](O)/C=C/c2ccccc2)c2ccccc2)c(C)c1. The largest absolute Gasteiger partial charge is 0.456 e. The van der Waals surface area contributed by atoms with Crippen molar-refractivity contribution in [2.24, 2.45) is 5.92 Å². The van der Waals surface area contributed by atoms with E-state index in [4.69, 9.17) is 4.74 Å². The fraction of sp³-hybridized carbons (Fsp3) is 0.308. The topological polar surface area (TPSA) is 49.8 Å². The molecule has 0 radical (unpaired) electrons. The second-order valence-corrected chi connectivity index (χ2v) is 11.8. The Balaban J connectivity index is 1.64. The molecule has 0 spiro atoms. The van der Waals surface area contributed by atoms with Gasteiger partial charge in [0.15, 0.2) is 0 Å². The van der Waals surface area contributed by atoms with Crippen LogP contribution in [0.3, 0.4) is 0 Å². The highest BCUT2D eigenvalue weighted by Gasteiger charge is 2.32. The highest BCUT2D eigenvalue weighted by molar-refractivity contribution is 5.73. The minimum absolute atomic E-state index is 0.157. The normalized spacial score (nSPS) is 14.4. The Labute approximate surface area is 257 Å². The van der Waals surface area contributed by atoms with Gasteiger partial charge in [-0.25, -0.2) is 0 Å². The Morgan fingerprint density at radius 3 is 2.00 bits per heavy atom. The number of aliphatic hydroxyl groups excluding tert-OH is 1. The van der Waals surface area contributed by atoms with E-state index in [1.165, 1.54) is 33.4 Å². The maximum atomic E-state index is 13.6. The van der Waals surface area contributed by atoms with Crippen LogP contribution in [0.4, 0.5) is 0 Å². The van der Waals surface area contributed by atoms with E-state index in [-0.39, 0.29) is 6.04 Å². The number of carbonyl (C=O) groups excluding carboxylic acids is 1. The first kappa shape index (κ1) is 31.9. The van der Waals surface area contributed by atoms with Crippen LogP contribution in [0, 0.1) is 33.6 Å². The zero-order valence-electron chi connectivity index (χ0n) is 26.3. The summed E-state index contributed by atoms with van der Waals surface area (Å²) in [5, 5.41) is 10.9. The maximum absolute atomic E-state index is 13.6. The summed E-state index contributed by atoms with van der Waals surface area (Å²) in [4.78, 5) is 16.0. The van der Waals surface area contributed by atoms with Gasteiger partial charge in [-0.05, 0) is 80.5 Å². The summed E-state index contributed by atoms with van der Waals surface area (Å²) in [7, 11) is 0. The monoisotopic (exact) mass is 575 g/mol. The predicted molar refractivity (Wildman–Crippen MR) is 176 cm³/mol. The van der Waals surface area contributed by atoms with E-state index < -0.39 is 24.1 Å². The molecule has 0 aliphatic rings. The Hall–Kier alpha value is -3.99. The smallest absolute Gasteiger partial charge is 0.312 e. The van der Waals surface area contributed by atoms with Gasteiger partial charge in [0, 0.05) is 19.1 Å². The molecule has 0 aromatic heterocycles. The van der Waals surface area contributed by atoms with Gasteiger partial charge in [-0.2, -0.15) is 0 Å². The van der Waals surface area contributed by atoms with Crippen molar-refractivity contribution in [2.75, 3.05) is 0 Å². The summed E-state index contributed by atoms with van der Waals surface area (Å²) < 4.78 is 6.33. The van der Waals surface area contributed by atoms with Crippen LogP contribution in [0.5, 0.6) is 0 Å². The van der Waals surface area contributed by atoms with E-state index in [0.717, 1.165) is 11.1 Å². The standard InChI is InChI=1S/C39H45NO3/c1-27-23-29(3)36(30(4)24-27)26-40(25-35-20-14-13-15-28(35)2)32(6)38(34-18-11-8-12-19-34)43-39(42)31(5)37(41)22-21-33-16-9-7-10-17-33/h7-24,31-32,37-38,41H,25-26H2,1-6H3/b22-21+/t31-,32+,37-,38+/m1/s1. The fourth-order valence-electron chi connectivity index (χ4n) is 5.60. The number of esters is 1. The summed E-state index contributed by atoms with van der Waals surface area (Å²) in [6.45, 7) is 13.9. The van der Waals surface area contributed by atoms with Crippen LogP contribution in [0.2, 0.25) is 0 Å². The van der Waals surface area contributed by atoms with E-state index in [0.29, 0.717) is 13.1 Å². The van der Waals surface area contributed by atoms with Crippen molar-refractivity contribution in [1.29, 1.82) is 0 Å². The van der Waals surface area contributed by atoms with Crippen molar-refractivity contribution in [3.05, 3.63) is 148 Å². The van der Waals surface area contributed by atoms with Gasteiger partial charge < -0.3 is 9.84 Å². The molecule has 4 heteroatoms. The number of benzene rings is 4. The Morgan fingerprint density at radius 2 is 1.37 bits per heavy atom. The van der Waals surface area contributed by atoms with Gasteiger partial charge in [0.25, 0.3) is 0 Å². The van der Waals surface area contributed by atoms with Crippen LogP contribution in [0.1, 0.15) is 64.5 Å². The van der Waals surface area contributed by atoms with Crippen LogP contribution in [0.25, 0.3) is 6.08 Å². The lowest BCUT2D eigenvalue weighted by molar-refractivity contribution is -0.160. The minimum Gasteiger partial charge on any atom is -0.456 e. The molecule has 0 fully saturated rings. The van der Waals surface area contributed by atoms with Crippen LogP contribution in [0.15, 0.2) is 103 Å². The molecule has 0 bridgehead atoms. The van der Waals surface area contributed by atoms with Crippen LogP contribution in [-0.4, -0.2) is 28.1 Å². The Morgan fingerprint density at radius 1 is 0.791 bits per heavy atom. The average molecular weight is 576 g/mol. The third-order valence-corrected chi connectivity index (χ3v) is 8.39. The van der Waals surface area contributed by atoms with Crippen LogP contribution < -0.4 is 0 Å². The van der Waals surface area contributed by atoms with Gasteiger partial charge in [-0.1, -0.05) is 115 Å². The van der Waals surface area contributed by atoms with Gasteiger partial charge in [0.05, 0.1) is 12.0 Å². The molecule has 224 valence electrons. The average Bonchev–Trinajstić information content (AvgIpc) is 3.00. The van der Waals surface area contributed by atoms with E-state index >= 15 is 0 Å². The van der Waals surface area contributed by atoms with Crippen LogP contribution >= 0.6 is 0 Å². The van der Waals surface area contributed by atoms with Gasteiger partial charge in [0.1, 0.15) is 6.10 Å².